The van der Waals surface area contributed by atoms with Gasteiger partial charge in [0.1, 0.15) is 17.3 Å². The second-order valence-corrected chi connectivity index (χ2v) is 7.54. The Morgan fingerprint density at radius 2 is 1.72 bits per heavy atom. The van der Waals surface area contributed by atoms with Crippen LogP contribution in [0.4, 0.5) is 15.8 Å². The van der Waals surface area contributed by atoms with Gasteiger partial charge in [-0.15, -0.1) is 0 Å². The number of ether oxygens (including phenoxy) is 2. The molecule has 0 fully saturated rings. The lowest BCUT2D eigenvalue weighted by molar-refractivity contribution is -0.118. The number of carbonyl (C=O) groups excluding carboxylic acids is 2. The number of hydrogen-bond donors (Lipinski definition) is 2. The van der Waals surface area contributed by atoms with Crippen molar-refractivity contribution in [2.45, 2.75) is 13.8 Å². The second kappa shape index (κ2) is 10.2. The molecule has 0 heterocycles. The summed E-state index contributed by atoms with van der Waals surface area (Å²) in [6.45, 7) is 3.70. The third kappa shape index (κ3) is 5.76. The van der Waals surface area contributed by atoms with E-state index in [-0.39, 0.29) is 28.8 Å². The van der Waals surface area contributed by atoms with Gasteiger partial charge in [-0.05, 0) is 61.9 Å². The molecule has 0 aromatic heterocycles. The fourth-order valence-corrected chi connectivity index (χ4v) is 3.21. The maximum absolute atomic E-state index is 14.1. The average Bonchev–Trinajstić information content (AvgIpc) is 2.73. The van der Waals surface area contributed by atoms with Crippen molar-refractivity contribution in [1.29, 1.82) is 0 Å². The zero-order valence-corrected chi connectivity index (χ0v) is 18.5. The number of rotatable bonds is 7. The fourth-order valence-electron chi connectivity index (χ4n) is 3.05. The van der Waals surface area contributed by atoms with Gasteiger partial charge in [-0.1, -0.05) is 29.3 Å². The van der Waals surface area contributed by atoms with Crippen LogP contribution in [0.3, 0.4) is 0 Å². The molecule has 3 rings (SSSR count). The molecular weight excluding hydrogens is 435 g/mol. The summed E-state index contributed by atoms with van der Waals surface area (Å²) in [7, 11) is 1.43. The number of carbonyl (C=O) groups is 2. The molecule has 0 radical (unpaired) electrons. The molecule has 0 aliphatic carbocycles. The van der Waals surface area contributed by atoms with Crippen molar-refractivity contribution in [2.75, 3.05) is 24.4 Å². The van der Waals surface area contributed by atoms with Crippen LogP contribution in [-0.2, 0) is 4.79 Å². The van der Waals surface area contributed by atoms with E-state index in [1.165, 1.54) is 25.3 Å². The Morgan fingerprint density at radius 3 is 2.41 bits per heavy atom. The van der Waals surface area contributed by atoms with Crippen molar-refractivity contribution in [3.05, 3.63) is 82.1 Å². The number of anilines is 2. The minimum absolute atomic E-state index is 0.173. The van der Waals surface area contributed by atoms with Crippen molar-refractivity contribution >= 4 is 34.8 Å². The van der Waals surface area contributed by atoms with Gasteiger partial charge in [0.05, 0.1) is 18.4 Å². The molecule has 6 nitrogen and oxygen atoms in total. The minimum atomic E-state index is -0.748. The molecule has 3 aromatic carbocycles. The van der Waals surface area contributed by atoms with Crippen LogP contribution < -0.4 is 20.1 Å². The molecule has 0 unspecified atom stereocenters. The quantitative estimate of drug-likeness (QED) is 0.500. The van der Waals surface area contributed by atoms with Crippen molar-refractivity contribution in [2.24, 2.45) is 0 Å². The number of nitrogens with one attached hydrogen (secondary N) is 2. The Labute approximate surface area is 190 Å². The summed E-state index contributed by atoms with van der Waals surface area (Å²) in [5.41, 5.74) is 2.53. The van der Waals surface area contributed by atoms with Gasteiger partial charge in [0.2, 0.25) is 0 Å². The Bertz CT molecular complexity index is 1170. The van der Waals surface area contributed by atoms with E-state index in [9.17, 15) is 14.0 Å². The molecule has 3 aromatic rings. The monoisotopic (exact) mass is 456 g/mol. The van der Waals surface area contributed by atoms with Crippen LogP contribution in [0.1, 0.15) is 21.5 Å². The van der Waals surface area contributed by atoms with Gasteiger partial charge in [0, 0.05) is 10.7 Å². The molecule has 2 amide bonds. The highest BCUT2D eigenvalue weighted by Crippen LogP contribution is 2.29. The molecule has 2 N–H and O–H groups in total. The summed E-state index contributed by atoms with van der Waals surface area (Å²) < 4.78 is 24.9. The van der Waals surface area contributed by atoms with Crippen molar-refractivity contribution in [3.63, 3.8) is 0 Å². The highest BCUT2D eigenvalue weighted by molar-refractivity contribution is 6.30. The first-order valence-electron chi connectivity index (χ1n) is 9.71. The predicted octanol–water partition coefficient (Wildman–Crippen LogP) is 5.37. The van der Waals surface area contributed by atoms with Gasteiger partial charge in [0.15, 0.2) is 6.61 Å². The molecule has 0 aliphatic heterocycles. The summed E-state index contributed by atoms with van der Waals surface area (Å²) in [5, 5.41) is 5.48. The Kier molecular flexibility index (Phi) is 7.33. The smallest absolute Gasteiger partial charge is 0.262 e. The fraction of sp³-hybridized carbons (Fsp3) is 0.167. The van der Waals surface area contributed by atoms with E-state index in [0.29, 0.717) is 17.2 Å². The number of methoxy groups -OCH3 is 1. The standard InChI is InChI=1S/C24H22ClFN2O4/c1-14-4-8-21(15(2)10-14)32-13-23(29)27-17-6-9-22(31-3)20(12-17)28-24(30)18-7-5-16(25)11-19(18)26/h4-12H,13H2,1-3H3,(H,27,29)(H,28,30). The first-order valence-corrected chi connectivity index (χ1v) is 10.1. The number of hydrogen-bond acceptors (Lipinski definition) is 4. The number of halogens is 2. The number of amides is 2. The molecule has 0 saturated carbocycles. The van der Waals surface area contributed by atoms with Crippen LogP contribution in [0.2, 0.25) is 5.02 Å². The summed E-state index contributed by atoms with van der Waals surface area (Å²) in [5.74, 6) is -0.840. The van der Waals surface area contributed by atoms with Crippen molar-refractivity contribution < 1.29 is 23.5 Å². The van der Waals surface area contributed by atoms with Gasteiger partial charge >= 0.3 is 0 Å². The Hall–Kier alpha value is -3.58. The van der Waals surface area contributed by atoms with E-state index in [1.54, 1.807) is 12.1 Å². The van der Waals surface area contributed by atoms with Gasteiger partial charge in [-0.3, -0.25) is 9.59 Å². The normalized spacial score (nSPS) is 10.4. The molecule has 0 spiro atoms. The van der Waals surface area contributed by atoms with E-state index in [1.807, 2.05) is 32.0 Å². The third-order valence-corrected chi connectivity index (χ3v) is 4.83. The van der Waals surface area contributed by atoms with Crippen molar-refractivity contribution in [3.8, 4) is 11.5 Å². The molecule has 0 atom stereocenters. The Balaban J connectivity index is 1.69. The summed E-state index contributed by atoms with van der Waals surface area (Å²) in [6.07, 6.45) is 0. The van der Waals surface area contributed by atoms with Crippen LogP contribution in [0.15, 0.2) is 54.6 Å². The SMILES string of the molecule is COc1ccc(NC(=O)COc2ccc(C)cc2C)cc1NC(=O)c1ccc(Cl)cc1F. The maximum atomic E-state index is 14.1. The molecule has 0 saturated heterocycles. The van der Waals surface area contributed by atoms with E-state index in [0.717, 1.165) is 17.2 Å². The van der Waals surface area contributed by atoms with Gasteiger partial charge < -0.3 is 20.1 Å². The highest BCUT2D eigenvalue weighted by atomic mass is 35.5. The second-order valence-electron chi connectivity index (χ2n) is 7.10. The largest absolute Gasteiger partial charge is 0.495 e. The number of aryl methyl sites for hydroxylation is 2. The minimum Gasteiger partial charge on any atom is -0.495 e. The maximum Gasteiger partial charge on any atom is 0.262 e. The molecule has 166 valence electrons. The molecule has 32 heavy (non-hydrogen) atoms. The summed E-state index contributed by atoms with van der Waals surface area (Å²) in [6, 6.07) is 14.2. The van der Waals surface area contributed by atoms with Gasteiger partial charge in [-0.2, -0.15) is 0 Å². The zero-order chi connectivity index (χ0) is 23.3. The first-order chi connectivity index (χ1) is 15.3. The van der Waals surface area contributed by atoms with Gasteiger partial charge in [0.25, 0.3) is 11.8 Å². The first kappa shape index (κ1) is 23.1. The van der Waals surface area contributed by atoms with Crippen LogP contribution in [0.25, 0.3) is 0 Å². The van der Waals surface area contributed by atoms with Crippen LogP contribution in [-0.4, -0.2) is 25.5 Å². The lowest BCUT2D eigenvalue weighted by Crippen LogP contribution is -2.20. The van der Waals surface area contributed by atoms with E-state index >= 15 is 0 Å². The van der Waals surface area contributed by atoms with E-state index < -0.39 is 11.7 Å². The predicted molar refractivity (Wildman–Crippen MR) is 122 cm³/mol. The molecular formula is C24H22ClFN2O4. The lowest BCUT2D eigenvalue weighted by Gasteiger charge is -2.14. The third-order valence-electron chi connectivity index (χ3n) is 4.60. The Morgan fingerprint density at radius 1 is 0.969 bits per heavy atom. The topological polar surface area (TPSA) is 76.7 Å². The van der Waals surface area contributed by atoms with Crippen LogP contribution >= 0.6 is 11.6 Å². The molecule has 0 bridgehead atoms. The van der Waals surface area contributed by atoms with E-state index in [2.05, 4.69) is 10.6 Å². The highest BCUT2D eigenvalue weighted by Gasteiger charge is 2.15. The number of benzene rings is 3. The molecule has 0 aliphatic rings. The molecule has 8 heteroatoms. The van der Waals surface area contributed by atoms with Crippen molar-refractivity contribution in [1.82, 2.24) is 0 Å². The average molecular weight is 457 g/mol. The van der Waals surface area contributed by atoms with Gasteiger partial charge in [-0.25, -0.2) is 4.39 Å². The summed E-state index contributed by atoms with van der Waals surface area (Å²) in [4.78, 5) is 24.8. The summed E-state index contributed by atoms with van der Waals surface area (Å²) >= 11 is 5.74. The lowest BCUT2D eigenvalue weighted by atomic mass is 10.1. The zero-order valence-electron chi connectivity index (χ0n) is 17.8. The van der Waals surface area contributed by atoms with Crippen LogP contribution in [0.5, 0.6) is 11.5 Å². The van der Waals surface area contributed by atoms with Crippen LogP contribution in [0, 0.1) is 19.7 Å². The van der Waals surface area contributed by atoms with E-state index in [4.69, 9.17) is 21.1 Å².